The van der Waals surface area contributed by atoms with Gasteiger partial charge < -0.3 is 10.8 Å². The molecule has 3 N–H and O–H groups in total. The van der Waals surface area contributed by atoms with E-state index in [-0.39, 0.29) is 17.9 Å². The average molecular weight is 280 g/mol. The van der Waals surface area contributed by atoms with Crippen LogP contribution in [0.1, 0.15) is 36.0 Å². The van der Waals surface area contributed by atoms with Crippen molar-refractivity contribution in [3.05, 3.63) is 39.9 Å². The molecule has 1 atom stereocenters. The molecule has 0 bridgehead atoms. The van der Waals surface area contributed by atoms with Crippen LogP contribution in [0.15, 0.2) is 24.3 Å². The Morgan fingerprint density at radius 3 is 2.35 bits per heavy atom. The predicted molar refractivity (Wildman–Crippen MR) is 71.5 cm³/mol. The molecular formula is C13H16N2O5. The Morgan fingerprint density at radius 1 is 1.25 bits per heavy atom. The maximum absolute atomic E-state index is 11.8. The molecule has 1 aromatic carbocycles. The minimum atomic E-state index is -1.05. The molecule has 108 valence electrons. The molecule has 0 aliphatic rings. The highest BCUT2D eigenvalue weighted by molar-refractivity contribution is 5.96. The Kier molecular flexibility index (Phi) is 5.79. The van der Waals surface area contributed by atoms with Crippen LogP contribution in [-0.4, -0.2) is 27.8 Å². The molecule has 0 heterocycles. The van der Waals surface area contributed by atoms with Gasteiger partial charge >= 0.3 is 5.97 Å². The Labute approximate surface area is 115 Å². The molecule has 1 aromatic rings. The summed E-state index contributed by atoms with van der Waals surface area (Å²) in [5.74, 6) is -1.17. The van der Waals surface area contributed by atoms with Crippen LogP contribution in [-0.2, 0) is 4.79 Å². The van der Waals surface area contributed by atoms with Gasteiger partial charge in [-0.15, -0.1) is 0 Å². The minimum Gasteiger partial charge on any atom is -0.480 e. The number of nitro benzene ring substituents is 1. The number of hydrogen-bond acceptors (Lipinski definition) is 5. The monoisotopic (exact) mass is 280 g/mol. The third-order valence-electron chi connectivity index (χ3n) is 2.89. The zero-order valence-corrected chi connectivity index (χ0v) is 10.8. The zero-order chi connectivity index (χ0) is 15.1. The molecule has 1 rings (SSSR count). The lowest BCUT2D eigenvalue weighted by Gasteiger charge is -2.05. The van der Waals surface area contributed by atoms with Crippen LogP contribution < -0.4 is 5.73 Å². The number of nitrogens with two attached hydrogens (primary N) is 1. The molecule has 7 heteroatoms. The van der Waals surface area contributed by atoms with E-state index in [2.05, 4.69) is 0 Å². The van der Waals surface area contributed by atoms with Crippen molar-refractivity contribution in [1.29, 1.82) is 0 Å². The van der Waals surface area contributed by atoms with Crippen LogP contribution in [0.4, 0.5) is 5.69 Å². The molecule has 0 saturated heterocycles. The van der Waals surface area contributed by atoms with Gasteiger partial charge in [0.15, 0.2) is 5.78 Å². The fraction of sp³-hybridized carbons (Fsp3) is 0.385. The number of non-ortho nitro benzene ring substituents is 1. The first kappa shape index (κ1) is 15.8. The third kappa shape index (κ3) is 4.77. The molecule has 0 saturated carbocycles. The highest BCUT2D eigenvalue weighted by atomic mass is 16.6. The van der Waals surface area contributed by atoms with Gasteiger partial charge in [-0.1, -0.05) is 6.42 Å². The number of hydrogen-bond donors (Lipinski definition) is 2. The van der Waals surface area contributed by atoms with Crippen LogP contribution in [0.3, 0.4) is 0 Å². The molecule has 0 amide bonds. The van der Waals surface area contributed by atoms with Crippen molar-refractivity contribution >= 4 is 17.4 Å². The number of Topliss-reactive ketones (excluding diaryl/α,β-unsaturated/α-hetero) is 1. The Balaban J connectivity index is 2.39. The first-order valence-corrected chi connectivity index (χ1v) is 6.18. The summed E-state index contributed by atoms with van der Waals surface area (Å²) in [5.41, 5.74) is 5.69. The number of benzene rings is 1. The van der Waals surface area contributed by atoms with Crippen molar-refractivity contribution < 1.29 is 19.6 Å². The first-order valence-electron chi connectivity index (χ1n) is 6.18. The van der Waals surface area contributed by atoms with Crippen molar-refractivity contribution in [2.75, 3.05) is 0 Å². The summed E-state index contributed by atoms with van der Waals surface area (Å²) in [6.07, 6.45) is 1.68. The molecular weight excluding hydrogens is 264 g/mol. The van der Waals surface area contributed by atoms with Gasteiger partial charge in [0.1, 0.15) is 6.04 Å². The average Bonchev–Trinajstić information content (AvgIpc) is 2.43. The molecule has 0 aliphatic carbocycles. The van der Waals surface area contributed by atoms with Crippen LogP contribution >= 0.6 is 0 Å². The second-order valence-corrected chi connectivity index (χ2v) is 4.42. The van der Waals surface area contributed by atoms with Gasteiger partial charge in [-0.3, -0.25) is 19.7 Å². The van der Waals surface area contributed by atoms with Crippen molar-refractivity contribution in [2.24, 2.45) is 5.73 Å². The number of carbonyl (C=O) groups excluding carboxylic acids is 1. The quantitative estimate of drug-likeness (QED) is 0.323. The number of carbonyl (C=O) groups is 2. The molecule has 0 radical (unpaired) electrons. The predicted octanol–water partition coefficient (Wildman–Crippen LogP) is 1.75. The summed E-state index contributed by atoms with van der Waals surface area (Å²) in [6, 6.07) is 4.51. The standard InChI is InChI=1S/C13H16N2O5/c14-11(13(17)18)3-1-2-4-12(16)9-5-7-10(8-6-9)15(19)20/h5-8,11H,1-4,14H2,(H,17,18). The second-order valence-electron chi connectivity index (χ2n) is 4.42. The minimum absolute atomic E-state index is 0.0611. The second kappa shape index (κ2) is 7.34. The van der Waals surface area contributed by atoms with Gasteiger partial charge in [0.05, 0.1) is 4.92 Å². The van der Waals surface area contributed by atoms with E-state index in [1.165, 1.54) is 24.3 Å². The summed E-state index contributed by atoms with van der Waals surface area (Å²) < 4.78 is 0. The summed E-state index contributed by atoms with van der Waals surface area (Å²) in [5, 5.41) is 19.1. The number of nitrogens with zero attached hydrogens (tertiary/aromatic N) is 1. The smallest absolute Gasteiger partial charge is 0.320 e. The topological polar surface area (TPSA) is 124 Å². The number of nitro groups is 1. The van der Waals surface area contributed by atoms with Crippen molar-refractivity contribution in [2.45, 2.75) is 31.7 Å². The molecule has 0 aromatic heterocycles. The van der Waals surface area contributed by atoms with E-state index in [9.17, 15) is 19.7 Å². The number of rotatable bonds is 8. The van der Waals surface area contributed by atoms with Crippen LogP contribution in [0.5, 0.6) is 0 Å². The number of aliphatic carboxylic acids is 1. The Morgan fingerprint density at radius 2 is 1.85 bits per heavy atom. The van der Waals surface area contributed by atoms with E-state index in [0.29, 0.717) is 24.8 Å². The fourth-order valence-corrected chi connectivity index (χ4v) is 1.69. The number of unbranched alkanes of at least 4 members (excludes halogenated alkanes) is 1. The van der Waals surface area contributed by atoms with Crippen LogP contribution in [0.2, 0.25) is 0 Å². The lowest BCUT2D eigenvalue weighted by Crippen LogP contribution is -2.29. The van der Waals surface area contributed by atoms with Crippen LogP contribution in [0.25, 0.3) is 0 Å². The molecule has 0 spiro atoms. The summed E-state index contributed by atoms with van der Waals surface area (Å²) in [7, 11) is 0. The molecule has 1 unspecified atom stereocenters. The highest BCUT2D eigenvalue weighted by Gasteiger charge is 2.12. The van der Waals surface area contributed by atoms with E-state index in [1.54, 1.807) is 0 Å². The maximum Gasteiger partial charge on any atom is 0.320 e. The van der Waals surface area contributed by atoms with Gasteiger partial charge in [-0.05, 0) is 25.0 Å². The molecule has 7 nitrogen and oxygen atoms in total. The van der Waals surface area contributed by atoms with Crippen molar-refractivity contribution in [1.82, 2.24) is 0 Å². The number of carboxylic acids is 1. The van der Waals surface area contributed by atoms with Crippen molar-refractivity contribution in [3.63, 3.8) is 0 Å². The highest BCUT2D eigenvalue weighted by Crippen LogP contribution is 2.14. The Bertz CT molecular complexity index is 498. The van der Waals surface area contributed by atoms with E-state index in [4.69, 9.17) is 10.8 Å². The number of ketones is 1. The molecule has 20 heavy (non-hydrogen) atoms. The maximum atomic E-state index is 11.8. The van der Waals surface area contributed by atoms with Gasteiger partial charge in [-0.25, -0.2) is 0 Å². The van der Waals surface area contributed by atoms with Crippen LogP contribution in [0, 0.1) is 10.1 Å². The normalized spacial score (nSPS) is 11.8. The van der Waals surface area contributed by atoms with Crippen molar-refractivity contribution in [3.8, 4) is 0 Å². The third-order valence-corrected chi connectivity index (χ3v) is 2.89. The van der Waals surface area contributed by atoms with E-state index < -0.39 is 16.9 Å². The Hall–Kier alpha value is -2.28. The lowest BCUT2D eigenvalue weighted by molar-refractivity contribution is -0.384. The first-order chi connectivity index (χ1) is 9.41. The van der Waals surface area contributed by atoms with E-state index in [1.807, 2.05) is 0 Å². The summed E-state index contributed by atoms with van der Waals surface area (Å²) in [4.78, 5) is 32.2. The van der Waals surface area contributed by atoms with Gasteiger partial charge in [0.25, 0.3) is 5.69 Å². The van der Waals surface area contributed by atoms with Gasteiger partial charge in [0.2, 0.25) is 0 Å². The largest absolute Gasteiger partial charge is 0.480 e. The zero-order valence-electron chi connectivity index (χ0n) is 10.8. The van der Waals surface area contributed by atoms with E-state index in [0.717, 1.165) is 0 Å². The fourth-order valence-electron chi connectivity index (χ4n) is 1.69. The summed E-state index contributed by atoms with van der Waals surface area (Å²) >= 11 is 0. The number of carboxylic acid groups (broad SMARTS) is 1. The SMILES string of the molecule is NC(CCCCC(=O)c1ccc([N+](=O)[O-])cc1)C(=O)O. The molecule has 0 fully saturated rings. The van der Waals surface area contributed by atoms with Gasteiger partial charge in [-0.2, -0.15) is 0 Å². The van der Waals surface area contributed by atoms with Gasteiger partial charge in [0, 0.05) is 24.1 Å². The van der Waals surface area contributed by atoms with E-state index >= 15 is 0 Å². The summed E-state index contributed by atoms with van der Waals surface area (Å²) in [6.45, 7) is 0. The lowest BCUT2D eigenvalue weighted by atomic mass is 10.0. The molecule has 0 aliphatic heterocycles.